The van der Waals surface area contributed by atoms with Crippen LogP contribution >= 0.6 is 11.8 Å². The number of thioether (sulfide) groups is 1. The van der Waals surface area contributed by atoms with Crippen molar-refractivity contribution in [2.24, 2.45) is 5.73 Å². The lowest BCUT2D eigenvalue weighted by molar-refractivity contribution is -0.121. The van der Waals surface area contributed by atoms with Crippen molar-refractivity contribution in [2.75, 3.05) is 19.3 Å². The molecule has 1 saturated carbocycles. The van der Waals surface area contributed by atoms with Crippen molar-refractivity contribution < 1.29 is 4.79 Å². The van der Waals surface area contributed by atoms with Crippen LogP contribution in [0.25, 0.3) is 0 Å². The van der Waals surface area contributed by atoms with Crippen LogP contribution in [-0.4, -0.2) is 30.0 Å². The summed E-state index contributed by atoms with van der Waals surface area (Å²) < 4.78 is 0.313. The minimum absolute atomic E-state index is 0.228. The third-order valence-electron chi connectivity index (χ3n) is 4.16. The van der Waals surface area contributed by atoms with Gasteiger partial charge >= 0.3 is 0 Å². The molecule has 0 saturated heterocycles. The third-order valence-corrected chi connectivity index (χ3v) is 5.58. The van der Waals surface area contributed by atoms with Gasteiger partial charge in [0.25, 0.3) is 0 Å². The highest BCUT2D eigenvalue weighted by Gasteiger charge is 2.31. The molecule has 0 aromatic heterocycles. The number of nitrogens with one attached hydrogen (secondary N) is 1. The number of hydrogen-bond donors (Lipinski definition) is 2. The quantitative estimate of drug-likeness (QED) is 0.640. The molecule has 0 bridgehead atoms. The van der Waals surface area contributed by atoms with Crippen molar-refractivity contribution in [3.8, 4) is 0 Å². The van der Waals surface area contributed by atoms with Crippen LogP contribution in [0.15, 0.2) is 0 Å². The van der Waals surface area contributed by atoms with Gasteiger partial charge in [-0.2, -0.15) is 11.8 Å². The van der Waals surface area contributed by atoms with Gasteiger partial charge in [0, 0.05) is 17.7 Å². The normalized spacial score (nSPS) is 18.2. The van der Waals surface area contributed by atoms with Crippen molar-refractivity contribution in [1.82, 2.24) is 5.32 Å². The Labute approximate surface area is 122 Å². The Morgan fingerprint density at radius 2 is 1.84 bits per heavy atom. The van der Waals surface area contributed by atoms with Gasteiger partial charge in [0.15, 0.2) is 0 Å². The first-order valence-corrected chi connectivity index (χ1v) is 8.97. The maximum atomic E-state index is 11.8. The third kappa shape index (κ3) is 6.66. The fourth-order valence-electron chi connectivity index (χ4n) is 2.78. The molecule has 0 aliphatic heterocycles. The summed E-state index contributed by atoms with van der Waals surface area (Å²) in [5, 5.41) is 3.15. The molecular weight excluding hydrogens is 256 g/mol. The van der Waals surface area contributed by atoms with E-state index in [1.54, 1.807) is 0 Å². The van der Waals surface area contributed by atoms with Crippen LogP contribution in [0.5, 0.6) is 0 Å². The highest BCUT2D eigenvalue weighted by molar-refractivity contribution is 8.00. The second kappa shape index (κ2) is 9.65. The maximum Gasteiger partial charge on any atom is 0.220 e. The fraction of sp³-hybridized carbons (Fsp3) is 0.933. The van der Waals surface area contributed by atoms with Crippen molar-refractivity contribution in [1.29, 1.82) is 0 Å². The minimum Gasteiger partial charge on any atom is -0.355 e. The zero-order valence-corrected chi connectivity index (χ0v) is 13.2. The van der Waals surface area contributed by atoms with E-state index in [1.807, 2.05) is 11.8 Å². The topological polar surface area (TPSA) is 55.1 Å². The number of rotatable bonds is 9. The molecule has 1 amide bonds. The molecule has 3 N–H and O–H groups in total. The van der Waals surface area contributed by atoms with E-state index in [1.165, 1.54) is 32.1 Å². The van der Waals surface area contributed by atoms with Crippen molar-refractivity contribution >= 4 is 17.7 Å². The average molecular weight is 286 g/mol. The standard InChI is InChI=1S/C15H30N2OS/c1-19-15(10-6-4-7-11-15)13-17-14(18)9-5-2-3-8-12-16/h2-13,16H2,1H3,(H,17,18). The van der Waals surface area contributed by atoms with Gasteiger partial charge in [-0.15, -0.1) is 0 Å². The molecule has 0 unspecified atom stereocenters. The van der Waals surface area contributed by atoms with E-state index < -0.39 is 0 Å². The lowest BCUT2D eigenvalue weighted by Gasteiger charge is -2.35. The first-order valence-electron chi connectivity index (χ1n) is 7.74. The van der Waals surface area contributed by atoms with Crippen molar-refractivity contribution in [3.05, 3.63) is 0 Å². The summed E-state index contributed by atoms with van der Waals surface area (Å²) in [5.41, 5.74) is 5.45. The van der Waals surface area contributed by atoms with Gasteiger partial charge in [-0.3, -0.25) is 4.79 Å². The van der Waals surface area contributed by atoms with Crippen LogP contribution in [0.1, 0.15) is 64.2 Å². The molecule has 0 heterocycles. The Morgan fingerprint density at radius 3 is 2.47 bits per heavy atom. The Bertz CT molecular complexity index is 253. The largest absolute Gasteiger partial charge is 0.355 e. The van der Waals surface area contributed by atoms with Gasteiger partial charge < -0.3 is 11.1 Å². The number of hydrogen-bond acceptors (Lipinski definition) is 3. The van der Waals surface area contributed by atoms with E-state index in [2.05, 4.69) is 11.6 Å². The van der Waals surface area contributed by atoms with Crippen LogP contribution in [0, 0.1) is 0 Å². The molecule has 0 spiro atoms. The smallest absolute Gasteiger partial charge is 0.220 e. The molecule has 1 fully saturated rings. The second-order valence-electron chi connectivity index (χ2n) is 5.68. The van der Waals surface area contributed by atoms with E-state index in [-0.39, 0.29) is 5.91 Å². The maximum absolute atomic E-state index is 11.8. The van der Waals surface area contributed by atoms with Crippen LogP contribution in [0.3, 0.4) is 0 Å². The summed E-state index contributed by atoms with van der Waals surface area (Å²) in [4.78, 5) is 11.8. The average Bonchev–Trinajstić information content (AvgIpc) is 2.46. The minimum atomic E-state index is 0.228. The molecule has 0 radical (unpaired) electrons. The molecule has 19 heavy (non-hydrogen) atoms. The Kier molecular flexibility index (Phi) is 8.55. The predicted octanol–water partition coefficient (Wildman–Crippen LogP) is 3.08. The molecule has 0 atom stereocenters. The fourth-order valence-corrected chi connectivity index (χ4v) is 3.69. The summed E-state index contributed by atoms with van der Waals surface area (Å²) >= 11 is 1.94. The predicted molar refractivity (Wildman–Crippen MR) is 84.5 cm³/mol. The second-order valence-corrected chi connectivity index (χ2v) is 6.95. The monoisotopic (exact) mass is 286 g/mol. The van der Waals surface area contributed by atoms with Crippen LogP contribution in [0.4, 0.5) is 0 Å². The zero-order valence-electron chi connectivity index (χ0n) is 12.4. The molecule has 3 nitrogen and oxygen atoms in total. The molecule has 4 heteroatoms. The van der Waals surface area contributed by atoms with Crippen LogP contribution < -0.4 is 11.1 Å². The summed E-state index contributed by atoms with van der Waals surface area (Å²) in [6.45, 7) is 1.62. The molecule has 0 aromatic rings. The summed E-state index contributed by atoms with van der Waals surface area (Å²) in [7, 11) is 0. The molecule has 0 aromatic carbocycles. The van der Waals surface area contributed by atoms with E-state index in [4.69, 9.17) is 5.73 Å². The van der Waals surface area contributed by atoms with E-state index >= 15 is 0 Å². The van der Waals surface area contributed by atoms with Crippen LogP contribution in [-0.2, 0) is 4.79 Å². The number of amides is 1. The van der Waals surface area contributed by atoms with Gasteiger partial charge in [-0.25, -0.2) is 0 Å². The van der Waals surface area contributed by atoms with Gasteiger partial charge in [-0.05, 0) is 38.5 Å². The highest BCUT2D eigenvalue weighted by atomic mass is 32.2. The van der Waals surface area contributed by atoms with Crippen LogP contribution in [0.2, 0.25) is 0 Å². The van der Waals surface area contributed by atoms with Gasteiger partial charge in [0.05, 0.1) is 0 Å². The molecular formula is C15H30N2OS. The highest BCUT2D eigenvalue weighted by Crippen LogP contribution is 2.37. The lowest BCUT2D eigenvalue weighted by Crippen LogP contribution is -2.41. The Hall–Kier alpha value is -0.220. The Balaban J connectivity index is 2.14. The molecule has 1 aliphatic carbocycles. The SMILES string of the molecule is CSC1(CNC(=O)CCCCCCN)CCCCC1. The summed E-state index contributed by atoms with van der Waals surface area (Å²) in [6, 6.07) is 0. The number of unbranched alkanes of at least 4 members (excludes halogenated alkanes) is 3. The number of carbonyl (C=O) groups excluding carboxylic acids is 1. The van der Waals surface area contributed by atoms with Crippen molar-refractivity contribution in [3.63, 3.8) is 0 Å². The molecule has 1 rings (SSSR count). The zero-order chi connectivity index (χ0) is 14.0. The van der Waals surface area contributed by atoms with E-state index in [0.717, 1.165) is 38.8 Å². The van der Waals surface area contributed by atoms with Gasteiger partial charge in [0.1, 0.15) is 0 Å². The first kappa shape index (κ1) is 16.8. The van der Waals surface area contributed by atoms with E-state index in [0.29, 0.717) is 11.2 Å². The number of nitrogens with two attached hydrogens (primary N) is 1. The van der Waals surface area contributed by atoms with E-state index in [9.17, 15) is 4.79 Å². The first-order chi connectivity index (χ1) is 9.22. The number of carbonyl (C=O) groups is 1. The molecule has 112 valence electrons. The Morgan fingerprint density at radius 1 is 1.16 bits per heavy atom. The van der Waals surface area contributed by atoms with Gasteiger partial charge in [0.2, 0.25) is 5.91 Å². The van der Waals surface area contributed by atoms with Crippen molar-refractivity contribution in [2.45, 2.75) is 69.0 Å². The summed E-state index contributed by atoms with van der Waals surface area (Å²) in [5.74, 6) is 0.228. The summed E-state index contributed by atoms with van der Waals surface area (Å²) in [6.07, 6.45) is 13.7. The lowest BCUT2D eigenvalue weighted by atomic mass is 9.88. The van der Waals surface area contributed by atoms with Gasteiger partial charge in [-0.1, -0.05) is 32.1 Å². The molecule has 1 aliphatic rings.